The summed E-state index contributed by atoms with van der Waals surface area (Å²) in [6.07, 6.45) is 2.85. The van der Waals surface area contributed by atoms with Crippen molar-refractivity contribution in [2.75, 3.05) is 41.2 Å². The molecule has 0 aromatic heterocycles. The molecule has 2 aromatic rings. The monoisotopic (exact) mass is 417 g/mol. The Hall–Kier alpha value is -2.54. The van der Waals surface area contributed by atoms with Gasteiger partial charge in [-0.3, -0.25) is 4.99 Å². The largest absolute Gasteiger partial charge is 0.493 e. The molecule has 0 saturated heterocycles. The van der Waals surface area contributed by atoms with E-state index in [1.807, 2.05) is 12.1 Å². The summed E-state index contributed by atoms with van der Waals surface area (Å²) in [4.78, 5) is 5.60. The van der Waals surface area contributed by atoms with Crippen LogP contribution in [0.3, 0.4) is 0 Å². The van der Waals surface area contributed by atoms with Gasteiger partial charge >= 0.3 is 0 Å². The number of benzene rings is 2. The van der Waals surface area contributed by atoms with Crippen LogP contribution in [0.5, 0.6) is 17.2 Å². The maximum absolute atomic E-state index is 5.55. The normalized spacial score (nSPS) is 11.2. The number of thioether (sulfide) groups is 1. The molecule has 0 spiro atoms. The molecule has 0 heterocycles. The van der Waals surface area contributed by atoms with Crippen LogP contribution in [0, 0.1) is 6.92 Å². The van der Waals surface area contributed by atoms with Crippen molar-refractivity contribution in [3.63, 3.8) is 0 Å². The lowest BCUT2D eigenvalue weighted by molar-refractivity contribution is 0.322. The van der Waals surface area contributed by atoms with E-state index >= 15 is 0 Å². The second kappa shape index (κ2) is 11.5. The van der Waals surface area contributed by atoms with Crippen molar-refractivity contribution >= 4 is 17.7 Å². The zero-order valence-corrected chi connectivity index (χ0v) is 18.9. The van der Waals surface area contributed by atoms with Crippen LogP contribution < -0.4 is 24.8 Å². The fourth-order valence-corrected chi connectivity index (χ4v) is 3.78. The number of rotatable bonds is 9. The Labute approximate surface area is 178 Å². The van der Waals surface area contributed by atoms with Crippen molar-refractivity contribution in [2.45, 2.75) is 24.8 Å². The summed E-state index contributed by atoms with van der Waals surface area (Å²) in [7, 11) is 6.64. The Morgan fingerprint density at radius 2 is 1.69 bits per heavy atom. The maximum atomic E-state index is 5.55. The van der Waals surface area contributed by atoms with E-state index in [1.165, 1.54) is 16.0 Å². The van der Waals surface area contributed by atoms with Gasteiger partial charge in [0, 0.05) is 30.6 Å². The smallest absolute Gasteiger partial charge is 0.203 e. The number of hydrogen-bond acceptors (Lipinski definition) is 5. The predicted octanol–water partition coefficient (Wildman–Crippen LogP) is 3.65. The third-order valence-electron chi connectivity index (χ3n) is 4.58. The van der Waals surface area contributed by atoms with Gasteiger partial charge in [-0.05, 0) is 42.9 Å². The minimum atomic E-state index is 0.610. The molecule has 0 aliphatic heterocycles. The highest BCUT2D eigenvalue weighted by molar-refractivity contribution is 7.98. The van der Waals surface area contributed by atoms with Crippen molar-refractivity contribution in [2.24, 2.45) is 4.99 Å². The highest BCUT2D eigenvalue weighted by atomic mass is 32.2. The summed E-state index contributed by atoms with van der Waals surface area (Å²) in [5.74, 6) is 2.72. The Kier molecular flexibility index (Phi) is 8.99. The van der Waals surface area contributed by atoms with E-state index in [1.54, 1.807) is 40.1 Å². The van der Waals surface area contributed by atoms with Gasteiger partial charge in [0.2, 0.25) is 5.75 Å². The van der Waals surface area contributed by atoms with Gasteiger partial charge in [-0.15, -0.1) is 11.8 Å². The summed E-state index contributed by atoms with van der Waals surface area (Å²) in [6, 6.07) is 10.4. The van der Waals surface area contributed by atoms with E-state index in [0.29, 0.717) is 23.8 Å². The summed E-state index contributed by atoms with van der Waals surface area (Å²) < 4.78 is 16.4. The number of aliphatic imine (C=N–C) groups is 1. The molecule has 7 heteroatoms. The summed E-state index contributed by atoms with van der Waals surface area (Å²) in [6.45, 7) is 3.53. The van der Waals surface area contributed by atoms with E-state index in [-0.39, 0.29) is 0 Å². The Morgan fingerprint density at radius 1 is 0.966 bits per heavy atom. The van der Waals surface area contributed by atoms with Crippen LogP contribution in [-0.2, 0) is 13.0 Å². The Balaban J connectivity index is 1.97. The molecule has 6 nitrogen and oxygen atoms in total. The lowest BCUT2D eigenvalue weighted by Gasteiger charge is -2.17. The molecular weight excluding hydrogens is 386 g/mol. The average molecular weight is 418 g/mol. The molecule has 0 saturated carbocycles. The molecule has 0 aliphatic rings. The number of nitrogens with one attached hydrogen (secondary N) is 2. The second-order valence-corrected chi connectivity index (χ2v) is 7.26. The summed E-state index contributed by atoms with van der Waals surface area (Å²) in [5, 5.41) is 6.74. The number of guanidine groups is 1. The van der Waals surface area contributed by atoms with Crippen LogP contribution in [0.25, 0.3) is 0 Å². The lowest BCUT2D eigenvalue weighted by atomic mass is 10.1. The van der Waals surface area contributed by atoms with Crippen LogP contribution in [0.15, 0.2) is 40.2 Å². The molecular formula is C22H31N3O3S. The number of ether oxygens (including phenoxy) is 3. The summed E-state index contributed by atoms with van der Waals surface area (Å²) >= 11 is 1.76. The molecule has 158 valence electrons. The van der Waals surface area contributed by atoms with Gasteiger partial charge in [-0.25, -0.2) is 0 Å². The minimum absolute atomic E-state index is 0.610. The molecule has 2 N–H and O–H groups in total. The van der Waals surface area contributed by atoms with E-state index in [9.17, 15) is 0 Å². The van der Waals surface area contributed by atoms with Crippen LogP contribution in [0.1, 0.15) is 16.7 Å². The van der Waals surface area contributed by atoms with Gasteiger partial charge in [0.1, 0.15) is 0 Å². The number of methoxy groups -OCH3 is 3. The second-order valence-electron chi connectivity index (χ2n) is 6.41. The van der Waals surface area contributed by atoms with Crippen molar-refractivity contribution in [1.82, 2.24) is 10.6 Å². The first-order valence-corrected chi connectivity index (χ1v) is 10.7. The zero-order valence-electron chi connectivity index (χ0n) is 18.1. The molecule has 0 unspecified atom stereocenters. The Morgan fingerprint density at radius 3 is 2.31 bits per heavy atom. The molecule has 0 atom stereocenters. The van der Waals surface area contributed by atoms with Gasteiger partial charge in [0.15, 0.2) is 17.5 Å². The highest BCUT2D eigenvalue weighted by Crippen LogP contribution is 2.39. The standard InChI is InChI=1S/C22H31N3O3S/c1-15-7-8-17(19(13-15)29-6)14-25-22(23-2)24-12-11-16-9-10-18(26-3)21(28-5)20(16)27-4/h7-10,13H,11-12,14H2,1-6H3,(H2,23,24,25). The molecule has 2 rings (SSSR count). The van der Waals surface area contributed by atoms with Crippen molar-refractivity contribution in [3.8, 4) is 17.2 Å². The third-order valence-corrected chi connectivity index (χ3v) is 5.40. The van der Waals surface area contributed by atoms with Crippen molar-refractivity contribution in [1.29, 1.82) is 0 Å². The van der Waals surface area contributed by atoms with Gasteiger partial charge in [0.05, 0.1) is 21.3 Å². The number of nitrogens with zero attached hydrogens (tertiary/aromatic N) is 1. The zero-order chi connectivity index (χ0) is 21.2. The SMILES string of the molecule is CN=C(NCCc1ccc(OC)c(OC)c1OC)NCc1ccc(C)cc1SC. The van der Waals surface area contributed by atoms with Crippen LogP contribution in [0.2, 0.25) is 0 Å². The van der Waals surface area contributed by atoms with Gasteiger partial charge in [0.25, 0.3) is 0 Å². The number of hydrogen-bond donors (Lipinski definition) is 2. The maximum Gasteiger partial charge on any atom is 0.203 e. The molecule has 0 amide bonds. The molecule has 0 aliphatic carbocycles. The predicted molar refractivity (Wildman–Crippen MR) is 121 cm³/mol. The van der Waals surface area contributed by atoms with Gasteiger partial charge in [-0.1, -0.05) is 18.2 Å². The fourth-order valence-electron chi connectivity index (χ4n) is 3.07. The molecule has 0 radical (unpaired) electrons. The van der Waals surface area contributed by atoms with Gasteiger partial charge < -0.3 is 24.8 Å². The quantitative estimate of drug-likeness (QED) is 0.369. The van der Waals surface area contributed by atoms with Crippen LogP contribution in [0.4, 0.5) is 0 Å². The number of aryl methyl sites for hydroxylation is 1. The van der Waals surface area contributed by atoms with E-state index in [4.69, 9.17) is 14.2 Å². The molecule has 0 bridgehead atoms. The van der Waals surface area contributed by atoms with Crippen molar-refractivity contribution in [3.05, 3.63) is 47.0 Å². The lowest BCUT2D eigenvalue weighted by Crippen LogP contribution is -2.38. The first-order valence-electron chi connectivity index (χ1n) is 9.43. The van der Waals surface area contributed by atoms with Gasteiger partial charge in [-0.2, -0.15) is 0 Å². The van der Waals surface area contributed by atoms with E-state index in [0.717, 1.165) is 24.5 Å². The fraction of sp³-hybridized carbons (Fsp3) is 0.409. The first kappa shape index (κ1) is 22.7. The molecule has 2 aromatic carbocycles. The third kappa shape index (κ3) is 5.97. The summed E-state index contributed by atoms with van der Waals surface area (Å²) in [5.41, 5.74) is 3.56. The highest BCUT2D eigenvalue weighted by Gasteiger charge is 2.15. The van der Waals surface area contributed by atoms with Crippen LogP contribution >= 0.6 is 11.8 Å². The molecule has 0 fully saturated rings. The molecule has 29 heavy (non-hydrogen) atoms. The Bertz CT molecular complexity index is 840. The minimum Gasteiger partial charge on any atom is -0.493 e. The van der Waals surface area contributed by atoms with Crippen molar-refractivity contribution < 1.29 is 14.2 Å². The topological polar surface area (TPSA) is 64.1 Å². The van der Waals surface area contributed by atoms with E-state index < -0.39 is 0 Å². The average Bonchev–Trinajstić information content (AvgIpc) is 2.75. The van der Waals surface area contributed by atoms with Crippen LogP contribution in [-0.4, -0.2) is 47.1 Å². The van der Waals surface area contributed by atoms with E-state index in [2.05, 4.69) is 47.0 Å². The first-order chi connectivity index (χ1) is 14.1.